The quantitative estimate of drug-likeness (QED) is 0.770. The van der Waals surface area contributed by atoms with Gasteiger partial charge in [0.25, 0.3) is 0 Å². The second-order valence-corrected chi connectivity index (χ2v) is 3.68. The maximum Gasteiger partial charge on any atom is 0.219 e. The van der Waals surface area contributed by atoms with Crippen molar-refractivity contribution in [2.45, 2.75) is 0 Å². The maximum absolute atomic E-state index is 10.7. The monoisotopic (exact) mass is 257 g/mol. The number of carbonyl (C=O) groups excluding carboxylic acids is 2. The van der Waals surface area contributed by atoms with Crippen LogP contribution in [-0.2, 0) is 0 Å². The molecule has 96 valence electrons. The summed E-state index contributed by atoms with van der Waals surface area (Å²) in [4.78, 5) is 25.2. The molecule has 0 radical (unpaired) electrons. The van der Waals surface area contributed by atoms with Crippen LogP contribution in [0, 0.1) is 0 Å². The van der Waals surface area contributed by atoms with Crippen LogP contribution >= 0.6 is 0 Å². The van der Waals surface area contributed by atoms with Crippen LogP contribution in [0.4, 0.5) is 0 Å². The lowest BCUT2D eigenvalue weighted by atomic mass is 10.2. The van der Waals surface area contributed by atoms with Gasteiger partial charge in [-0.15, -0.1) is 0 Å². The summed E-state index contributed by atoms with van der Waals surface area (Å²) in [5.74, 6) is 1.22. The summed E-state index contributed by atoms with van der Waals surface area (Å²) >= 11 is 0. The SMILES string of the molecule is COc1cc(C=O)ccc1Oc1ccc(C=O)cn1. The number of aldehydes is 2. The first-order valence-electron chi connectivity index (χ1n) is 5.49. The molecule has 1 heterocycles. The molecule has 5 heteroatoms. The molecule has 0 atom stereocenters. The van der Waals surface area contributed by atoms with Gasteiger partial charge in [0.05, 0.1) is 7.11 Å². The zero-order valence-electron chi connectivity index (χ0n) is 10.2. The van der Waals surface area contributed by atoms with Crippen molar-refractivity contribution in [2.24, 2.45) is 0 Å². The summed E-state index contributed by atoms with van der Waals surface area (Å²) in [7, 11) is 1.49. The third-order valence-corrected chi connectivity index (χ3v) is 2.43. The van der Waals surface area contributed by atoms with Gasteiger partial charge in [0.2, 0.25) is 5.88 Å². The molecule has 0 aliphatic rings. The molecule has 2 aromatic rings. The third-order valence-electron chi connectivity index (χ3n) is 2.43. The molecule has 1 aromatic carbocycles. The van der Waals surface area contributed by atoms with E-state index in [-0.39, 0.29) is 0 Å². The lowest BCUT2D eigenvalue weighted by Crippen LogP contribution is -1.94. The molecule has 0 fully saturated rings. The second-order valence-electron chi connectivity index (χ2n) is 3.68. The summed E-state index contributed by atoms with van der Waals surface area (Å²) in [6.45, 7) is 0. The molecule has 0 saturated carbocycles. The van der Waals surface area contributed by atoms with Gasteiger partial charge in [-0.05, 0) is 24.3 Å². The van der Waals surface area contributed by atoms with Crippen molar-refractivity contribution < 1.29 is 19.1 Å². The molecule has 0 bridgehead atoms. The number of hydrogen-bond acceptors (Lipinski definition) is 5. The van der Waals surface area contributed by atoms with Crippen molar-refractivity contribution in [1.82, 2.24) is 4.98 Å². The highest BCUT2D eigenvalue weighted by molar-refractivity contribution is 5.76. The molecule has 0 spiro atoms. The van der Waals surface area contributed by atoms with Crippen LogP contribution in [0.5, 0.6) is 17.4 Å². The molecule has 5 nitrogen and oxygen atoms in total. The zero-order valence-corrected chi connectivity index (χ0v) is 10.2. The largest absolute Gasteiger partial charge is 0.493 e. The molecule has 0 saturated heterocycles. The number of methoxy groups -OCH3 is 1. The summed E-state index contributed by atoms with van der Waals surface area (Å²) in [6, 6.07) is 7.99. The molecule has 1 aromatic heterocycles. The highest BCUT2D eigenvalue weighted by Gasteiger charge is 2.07. The van der Waals surface area contributed by atoms with E-state index in [0.29, 0.717) is 34.8 Å². The van der Waals surface area contributed by atoms with Crippen LogP contribution in [0.1, 0.15) is 20.7 Å². The third kappa shape index (κ3) is 2.95. The van der Waals surface area contributed by atoms with Crippen LogP contribution in [0.3, 0.4) is 0 Å². The number of pyridine rings is 1. The number of nitrogens with zero attached hydrogens (tertiary/aromatic N) is 1. The van der Waals surface area contributed by atoms with Crippen molar-refractivity contribution >= 4 is 12.6 Å². The van der Waals surface area contributed by atoms with Gasteiger partial charge in [0.15, 0.2) is 17.8 Å². The lowest BCUT2D eigenvalue weighted by Gasteiger charge is -2.09. The molecule has 0 aliphatic heterocycles. The van der Waals surface area contributed by atoms with Crippen LogP contribution in [0.15, 0.2) is 36.5 Å². The Labute approximate surface area is 109 Å². The average molecular weight is 257 g/mol. The first kappa shape index (κ1) is 12.8. The Morgan fingerprint density at radius 1 is 1.00 bits per heavy atom. The van der Waals surface area contributed by atoms with Gasteiger partial charge in [0, 0.05) is 23.4 Å². The number of carbonyl (C=O) groups is 2. The highest BCUT2D eigenvalue weighted by atomic mass is 16.5. The van der Waals surface area contributed by atoms with E-state index < -0.39 is 0 Å². The Bertz CT molecular complexity index is 593. The van der Waals surface area contributed by atoms with Crippen molar-refractivity contribution in [3.05, 3.63) is 47.7 Å². The molecular formula is C14H11NO4. The fourth-order valence-corrected chi connectivity index (χ4v) is 1.48. The van der Waals surface area contributed by atoms with E-state index in [4.69, 9.17) is 9.47 Å². The minimum absolute atomic E-state index is 0.336. The summed E-state index contributed by atoms with van der Waals surface area (Å²) in [5, 5.41) is 0. The number of hydrogen-bond donors (Lipinski definition) is 0. The Morgan fingerprint density at radius 2 is 1.74 bits per heavy atom. The van der Waals surface area contributed by atoms with Crippen LogP contribution < -0.4 is 9.47 Å². The molecule has 0 N–H and O–H groups in total. The van der Waals surface area contributed by atoms with E-state index in [9.17, 15) is 9.59 Å². The molecule has 0 unspecified atom stereocenters. The smallest absolute Gasteiger partial charge is 0.219 e. The molecule has 2 rings (SSSR count). The summed E-state index contributed by atoms with van der Waals surface area (Å²) in [5.41, 5.74) is 0.962. The minimum atomic E-state index is 0.336. The van der Waals surface area contributed by atoms with Crippen molar-refractivity contribution in [3.8, 4) is 17.4 Å². The number of rotatable bonds is 5. The first-order valence-corrected chi connectivity index (χ1v) is 5.49. The van der Waals surface area contributed by atoms with E-state index in [2.05, 4.69) is 4.98 Å². The fraction of sp³-hybridized carbons (Fsp3) is 0.0714. The Morgan fingerprint density at radius 3 is 2.32 bits per heavy atom. The van der Waals surface area contributed by atoms with Gasteiger partial charge >= 0.3 is 0 Å². The maximum atomic E-state index is 10.7. The topological polar surface area (TPSA) is 65.5 Å². The van der Waals surface area contributed by atoms with Crippen molar-refractivity contribution in [1.29, 1.82) is 0 Å². The zero-order chi connectivity index (χ0) is 13.7. The predicted molar refractivity (Wildman–Crippen MR) is 68.1 cm³/mol. The number of ether oxygens (including phenoxy) is 2. The van der Waals surface area contributed by atoms with E-state index in [1.54, 1.807) is 30.3 Å². The van der Waals surface area contributed by atoms with Gasteiger partial charge in [0.1, 0.15) is 6.29 Å². The van der Waals surface area contributed by atoms with Gasteiger partial charge < -0.3 is 9.47 Å². The fourth-order valence-electron chi connectivity index (χ4n) is 1.48. The predicted octanol–water partition coefficient (Wildman–Crippen LogP) is 2.51. The first-order chi connectivity index (χ1) is 9.26. The van der Waals surface area contributed by atoms with Crippen molar-refractivity contribution in [3.63, 3.8) is 0 Å². The van der Waals surface area contributed by atoms with E-state index >= 15 is 0 Å². The Kier molecular flexibility index (Phi) is 3.87. The number of aromatic nitrogens is 1. The standard InChI is InChI=1S/C14H11NO4/c1-18-13-6-10(8-16)2-4-12(13)19-14-5-3-11(9-17)7-15-14/h2-9H,1H3. The molecular weight excluding hydrogens is 246 g/mol. The van der Waals surface area contributed by atoms with Gasteiger partial charge in [-0.25, -0.2) is 4.98 Å². The van der Waals surface area contributed by atoms with Crippen LogP contribution in [0.25, 0.3) is 0 Å². The summed E-state index contributed by atoms with van der Waals surface area (Å²) < 4.78 is 10.7. The molecule has 0 amide bonds. The van der Waals surface area contributed by atoms with Crippen molar-refractivity contribution in [2.75, 3.05) is 7.11 Å². The van der Waals surface area contributed by atoms with Gasteiger partial charge in [-0.2, -0.15) is 0 Å². The van der Waals surface area contributed by atoms with E-state index in [0.717, 1.165) is 6.29 Å². The van der Waals surface area contributed by atoms with E-state index in [1.807, 2.05) is 0 Å². The van der Waals surface area contributed by atoms with Gasteiger partial charge in [-0.3, -0.25) is 9.59 Å². The molecule has 19 heavy (non-hydrogen) atoms. The van der Waals surface area contributed by atoms with Crippen LogP contribution in [-0.4, -0.2) is 24.7 Å². The minimum Gasteiger partial charge on any atom is -0.493 e. The Hall–Kier alpha value is -2.69. The second kappa shape index (κ2) is 5.77. The van der Waals surface area contributed by atoms with Crippen LogP contribution in [0.2, 0.25) is 0 Å². The normalized spacial score (nSPS) is 9.74. The summed E-state index contributed by atoms with van der Waals surface area (Å²) in [6.07, 6.45) is 2.84. The highest BCUT2D eigenvalue weighted by Crippen LogP contribution is 2.31. The van der Waals surface area contributed by atoms with Gasteiger partial charge in [-0.1, -0.05) is 0 Å². The number of benzene rings is 1. The molecule has 0 aliphatic carbocycles. The Balaban J connectivity index is 2.26. The van der Waals surface area contributed by atoms with E-state index in [1.165, 1.54) is 13.3 Å². The lowest BCUT2D eigenvalue weighted by molar-refractivity contribution is 0.111. The average Bonchev–Trinajstić information content (AvgIpc) is 2.48.